The van der Waals surface area contributed by atoms with E-state index in [0.717, 1.165) is 23.0 Å². The molecule has 0 saturated heterocycles. The number of rotatable bonds is 0. The first kappa shape index (κ1) is 13.7. The van der Waals surface area contributed by atoms with E-state index in [1.807, 2.05) is 0 Å². The van der Waals surface area contributed by atoms with Crippen molar-refractivity contribution in [1.29, 1.82) is 0 Å². The van der Waals surface area contributed by atoms with Gasteiger partial charge in [-0.15, -0.1) is 0 Å². The highest BCUT2D eigenvalue weighted by atomic mass is 79.9. The molecule has 1 saturated carbocycles. The number of hydrogen-bond donors (Lipinski definition) is 0. The highest BCUT2D eigenvalue weighted by Gasteiger charge is 2.32. The zero-order valence-electron chi connectivity index (χ0n) is 13.4. The summed E-state index contributed by atoms with van der Waals surface area (Å²) in [5, 5.41) is 2.64. The predicted octanol–water partition coefficient (Wildman–Crippen LogP) is 4.71. The fraction of sp³-hybridized carbons (Fsp3) is 0.286. The van der Waals surface area contributed by atoms with Gasteiger partial charge in [-0.3, -0.25) is 4.99 Å². The molecular formula is C21H18BrN. The van der Waals surface area contributed by atoms with E-state index in [1.54, 1.807) is 0 Å². The molecule has 0 radical (unpaired) electrons. The number of benzene rings is 2. The topological polar surface area (TPSA) is 12.4 Å². The minimum Gasteiger partial charge on any atom is -0.251 e. The quantitative estimate of drug-likeness (QED) is 0.548. The summed E-state index contributed by atoms with van der Waals surface area (Å²) in [4.78, 5) is 5.02. The van der Waals surface area contributed by atoms with Crippen molar-refractivity contribution >= 4 is 39.0 Å². The smallest absolute Gasteiger partial charge is 0.0857 e. The van der Waals surface area contributed by atoms with Crippen LogP contribution in [-0.4, -0.2) is 5.71 Å². The maximum atomic E-state index is 5.02. The lowest BCUT2D eigenvalue weighted by molar-refractivity contribution is 0.347. The number of nitrogens with zero attached hydrogens (tertiary/aromatic N) is 1. The lowest BCUT2D eigenvalue weighted by Gasteiger charge is -2.30. The van der Waals surface area contributed by atoms with Crippen molar-refractivity contribution < 1.29 is 0 Å². The van der Waals surface area contributed by atoms with E-state index < -0.39 is 0 Å². The van der Waals surface area contributed by atoms with E-state index in [4.69, 9.17) is 4.99 Å². The molecule has 114 valence electrons. The highest BCUT2D eigenvalue weighted by Crippen LogP contribution is 2.41. The van der Waals surface area contributed by atoms with E-state index in [0.29, 0.717) is 5.41 Å². The average Bonchev–Trinajstić information content (AvgIpc) is 3.05. The van der Waals surface area contributed by atoms with Crippen LogP contribution in [0.2, 0.25) is 0 Å². The van der Waals surface area contributed by atoms with Crippen molar-refractivity contribution in [2.75, 3.05) is 0 Å². The fourth-order valence-corrected chi connectivity index (χ4v) is 4.80. The number of hydrogen-bond acceptors (Lipinski definition) is 1. The largest absolute Gasteiger partial charge is 0.251 e. The molecule has 2 aromatic carbocycles. The third-order valence-corrected chi connectivity index (χ3v) is 6.25. The Hall–Kier alpha value is -1.67. The van der Waals surface area contributed by atoms with Crippen molar-refractivity contribution in [2.24, 2.45) is 10.4 Å². The molecule has 1 aliphatic heterocycles. The first-order valence-electron chi connectivity index (χ1n) is 8.28. The van der Waals surface area contributed by atoms with Crippen LogP contribution in [0.25, 0.3) is 22.8 Å². The van der Waals surface area contributed by atoms with E-state index in [-0.39, 0.29) is 0 Å². The van der Waals surface area contributed by atoms with E-state index in [1.165, 1.54) is 44.8 Å². The van der Waals surface area contributed by atoms with E-state index in [2.05, 4.69) is 66.2 Å². The normalized spacial score (nSPS) is 19.4. The van der Waals surface area contributed by atoms with Crippen LogP contribution < -0.4 is 10.4 Å². The average molecular weight is 364 g/mol. The summed E-state index contributed by atoms with van der Waals surface area (Å²) in [5.41, 5.74) is 8.32. The first-order chi connectivity index (χ1) is 11.0. The molecule has 0 aromatic heterocycles. The molecule has 0 amide bonds. The monoisotopic (exact) mass is 363 g/mol. The molecule has 2 aromatic rings. The third-order valence-electron chi connectivity index (χ3n) is 5.45. The molecule has 2 aliphatic carbocycles. The Labute approximate surface area is 144 Å². The third kappa shape index (κ3) is 1.88. The summed E-state index contributed by atoms with van der Waals surface area (Å²) in [6, 6.07) is 11.0. The van der Waals surface area contributed by atoms with Gasteiger partial charge in [0.2, 0.25) is 0 Å². The first-order valence-corrected chi connectivity index (χ1v) is 9.08. The van der Waals surface area contributed by atoms with Crippen LogP contribution in [0.15, 0.2) is 39.8 Å². The lowest BCUT2D eigenvalue weighted by Crippen LogP contribution is -2.25. The summed E-state index contributed by atoms with van der Waals surface area (Å²) < 4.78 is 1.16. The Morgan fingerprint density at radius 3 is 2.83 bits per heavy atom. The van der Waals surface area contributed by atoms with Crippen LogP contribution in [-0.2, 0) is 0 Å². The van der Waals surface area contributed by atoms with Gasteiger partial charge in [0, 0.05) is 10.9 Å². The predicted molar refractivity (Wildman–Crippen MR) is 101 cm³/mol. The van der Waals surface area contributed by atoms with Gasteiger partial charge in [0.15, 0.2) is 0 Å². The van der Waals surface area contributed by atoms with Crippen LogP contribution >= 0.6 is 15.9 Å². The SMILES string of the molecule is CC1(C)CCC2=c3cc4c(c(Br)c3N=C2C1)=Cc1ccccc1-4. The summed E-state index contributed by atoms with van der Waals surface area (Å²) >= 11 is 3.85. The van der Waals surface area contributed by atoms with Crippen LogP contribution in [0.1, 0.15) is 38.7 Å². The molecule has 0 N–H and O–H groups in total. The number of fused-ring (bicyclic) bond motifs is 5. The number of halogens is 1. The second-order valence-corrected chi connectivity index (χ2v) is 8.45. The lowest BCUT2D eigenvalue weighted by atomic mass is 9.74. The maximum Gasteiger partial charge on any atom is 0.0857 e. The van der Waals surface area contributed by atoms with Gasteiger partial charge in [-0.1, -0.05) is 38.1 Å². The molecule has 0 bridgehead atoms. The van der Waals surface area contributed by atoms with Gasteiger partial charge in [0.05, 0.1) is 10.2 Å². The van der Waals surface area contributed by atoms with Gasteiger partial charge in [-0.05, 0) is 80.2 Å². The zero-order chi connectivity index (χ0) is 15.8. The molecule has 1 fully saturated rings. The molecule has 1 heterocycles. The molecule has 1 nitrogen and oxygen atoms in total. The van der Waals surface area contributed by atoms with Crippen molar-refractivity contribution in [3.05, 3.63) is 50.8 Å². The Kier molecular flexibility index (Phi) is 2.66. The summed E-state index contributed by atoms with van der Waals surface area (Å²) in [7, 11) is 0. The Bertz CT molecular complexity index is 1020. The molecule has 23 heavy (non-hydrogen) atoms. The van der Waals surface area contributed by atoms with Gasteiger partial charge < -0.3 is 0 Å². The standard InChI is InChI=1S/C21H18BrN/c1-21(2)8-7-14-17-10-15-13-6-4-3-5-12(13)9-16(15)19(22)20(17)23-18(14)11-21/h3-6,9-10H,7-8,11H2,1-2H3. The maximum absolute atomic E-state index is 5.02. The second kappa shape index (κ2) is 4.45. The Balaban J connectivity index is 1.81. The summed E-state index contributed by atoms with van der Waals surface area (Å²) in [6.45, 7) is 4.71. The van der Waals surface area contributed by atoms with Gasteiger partial charge in [-0.2, -0.15) is 0 Å². The van der Waals surface area contributed by atoms with Crippen molar-refractivity contribution in [2.45, 2.75) is 33.1 Å². The van der Waals surface area contributed by atoms with E-state index in [9.17, 15) is 0 Å². The molecule has 5 rings (SSSR count). The molecule has 3 aliphatic rings. The van der Waals surface area contributed by atoms with Crippen LogP contribution in [0.4, 0.5) is 5.69 Å². The van der Waals surface area contributed by atoms with Gasteiger partial charge in [0.1, 0.15) is 0 Å². The van der Waals surface area contributed by atoms with Gasteiger partial charge >= 0.3 is 0 Å². The summed E-state index contributed by atoms with van der Waals surface area (Å²) in [6.07, 6.45) is 5.77. The minimum absolute atomic E-state index is 0.373. The van der Waals surface area contributed by atoms with Gasteiger partial charge in [-0.25, -0.2) is 0 Å². The summed E-state index contributed by atoms with van der Waals surface area (Å²) in [5.74, 6) is 0. The molecular weight excluding hydrogens is 346 g/mol. The molecule has 0 atom stereocenters. The van der Waals surface area contributed by atoms with Gasteiger partial charge in [0.25, 0.3) is 0 Å². The van der Waals surface area contributed by atoms with Crippen LogP contribution in [0.5, 0.6) is 0 Å². The zero-order valence-corrected chi connectivity index (χ0v) is 15.0. The van der Waals surface area contributed by atoms with Crippen molar-refractivity contribution in [3.63, 3.8) is 0 Å². The number of aliphatic imine (C=N–C) groups is 1. The Morgan fingerprint density at radius 1 is 1.13 bits per heavy atom. The van der Waals surface area contributed by atoms with Crippen LogP contribution in [0, 0.1) is 5.41 Å². The van der Waals surface area contributed by atoms with Crippen LogP contribution in [0.3, 0.4) is 0 Å². The molecule has 0 spiro atoms. The molecule has 2 heteroatoms. The fourth-order valence-electron chi connectivity index (χ4n) is 4.17. The van der Waals surface area contributed by atoms with Crippen molar-refractivity contribution in [1.82, 2.24) is 0 Å². The Morgan fingerprint density at radius 2 is 1.96 bits per heavy atom. The highest BCUT2D eigenvalue weighted by molar-refractivity contribution is 9.10. The van der Waals surface area contributed by atoms with E-state index >= 15 is 0 Å². The second-order valence-electron chi connectivity index (χ2n) is 7.66. The minimum atomic E-state index is 0.373. The van der Waals surface area contributed by atoms with Crippen molar-refractivity contribution in [3.8, 4) is 11.1 Å². The molecule has 0 unspecified atom stereocenters.